The van der Waals surface area contributed by atoms with E-state index in [0.29, 0.717) is 0 Å². The monoisotopic (exact) mass is 334 g/mol. The smallest absolute Gasteiger partial charge is 0.294 e. The highest BCUT2D eigenvalue weighted by Crippen LogP contribution is 2.22. The van der Waals surface area contributed by atoms with Gasteiger partial charge in [-0.15, -0.1) is 11.8 Å². The third-order valence-electron chi connectivity index (χ3n) is 2.62. The fourth-order valence-electron chi connectivity index (χ4n) is 1.50. The van der Waals surface area contributed by atoms with E-state index in [1.807, 2.05) is 0 Å². The molecule has 0 saturated heterocycles. The number of methoxy groups -OCH3 is 1. The Morgan fingerprint density at radius 3 is 2.24 bits per heavy atom. The Kier molecular flexibility index (Phi) is 10.3. The molecule has 0 spiro atoms. The number of carbonyl (C=O) groups excluding carboxylic acids is 1. The van der Waals surface area contributed by atoms with Crippen molar-refractivity contribution in [3.05, 3.63) is 24.3 Å². The molecule has 1 aromatic carbocycles. The lowest BCUT2D eigenvalue weighted by Gasteiger charge is -2.12. The molecule has 1 rings (SSSR count). The van der Waals surface area contributed by atoms with Crippen LogP contribution in [-0.4, -0.2) is 38.2 Å². The zero-order valence-electron chi connectivity index (χ0n) is 12.5. The zero-order valence-corrected chi connectivity index (χ0v) is 14.1. The maximum atomic E-state index is 10.9. The van der Waals surface area contributed by atoms with Gasteiger partial charge in [0.05, 0.1) is 11.0 Å². The van der Waals surface area contributed by atoms with Crippen LogP contribution in [-0.2, 0) is 19.6 Å². The molecule has 1 aromatic rings. The van der Waals surface area contributed by atoms with Gasteiger partial charge in [0, 0.05) is 17.8 Å². The standard InChI is InChI=1S/C12H18O4S2.C2H4O/c1-3-10(16-2)8-9-17-11-4-6-12(7-5-11)18(13,14)15;1-2-3/h4-7,10H,3,8-9H2,1-2H3,(H,13,14,15);2H,1H3. The maximum absolute atomic E-state index is 10.9. The lowest BCUT2D eigenvalue weighted by molar-refractivity contribution is -0.106. The highest BCUT2D eigenvalue weighted by Gasteiger charge is 2.09. The van der Waals surface area contributed by atoms with Gasteiger partial charge in [-0.25, -0.2) is 0 Å². The van der Waals surface area contributed by atoms with Crippen molar-refractivity contribution in [1.29, 1.82) is 0 Å². The second-order valence-corrected chi connectivity index (χ2v) is 6.68. The summed E-state index contributed by atoms with van der Waals surface area (Å²) in [5.74, 6) is 0.914. The van der Waals surface area contributed by atoms with Crippen LogP contribution in [0.1, 0.15) is 26.7 Å². The summed E-state index contributed by atoms with van der Waals surface area (Å²) >= 11 is 1.64. The first-order valence-electron chi connectivity index (χ1n) is 6.51. The van der Waals surface area contributed by atoms with Crippen molar-refractivity contribution in [1.82, 2.24) is 0 Å². The molecule has 21 heavy (non-hydrogen) atoms. The summed E-state index contributed by atoms with van der Waals surface area (Å²) in [6, 6.07) is 6.21. The fraction of sp³-hybridized carbons (Fsp3) is 0.500. The summed E-state index contributed by atoms with van der Waals surface area (Å²) in [6.45, 7) is 3.53. The van der Waals surface area contributed by atoms with Gasteiger partial charge in [0.2, 0.25) is 0 Å². The van der Waals surface area contributed by atoms with E-state index < -0.39 is 10.1 Å². The molecular weight excluding hydrogens is 312 g/mol. The number of hydrogen-bond donors (Lipinski definition) is 1. The van der Waals surface area contributed by atoms with Crippen LogP contribution in [0, 0.1) is 0 Å². The van der Waals surface area contributed by atoms with Gasteiger partial charge in [0.25, 0.3) is 10.1 Å². The average Bonchev–Trinajstić information content (AvgIpc) is 2.44. The van der Waals surface area contributed by atoms with Crippen LogP contribution in [0.2, 0.25) is 0 Å². The van der Waals surface area contributed by atoms with Crippen LogP contribution < -0.4 is 0 Å². The average molecular weight is 334 g/mol. The molecule has 0 fully saturated rings. The number of ether oxygens (including phenoxy) is 1. The highest BCUT2D eigenvalue weighted by molar-refractivity contribution is 7.99. The summed E-state index contributed by atoms with van der Waals surface area (Å²) in [6.07, 6.45) is 2.96. The number of hydrogen-bond acceptors (Lipinski definition) is 5. The van der Waals surface area contributed by atoms with E-state index in [1.54, 1.807) is 31.0 Å². The van der Waals surface area contributed by atoms with E-state index in [4.69, 9.17) is 14.1 Å². The van der Waals surface area contributed by atoms with Gasteiger partial charge in [0.1, 0.15) is 6.29 Å². The molecule has 0 aromatic heterocycles. The summed E-state index contributed by atoms with van der Waals surface area (Å²) in [5.41, 5.74) is 0. The molecule has 0 aliphatic rings. The third kappa shape index (κ3) is 8.87. The van der Waals surface area contributed by atoms with E-state index in [2.05, 4.69) is 6.92 Å². The van der Waals surface area contributed by atoms with E-state index in [-0.39, 0.29) is 11.0 Å². The van der Waals surface area contributed by atoms with Crippen LogP contribution in [0.15, 0.2) is 34.1 Å². The van der Waals surface area contributed by atoms with Crippen molar-refractivity contribution >= 4 is 28.2 Å². The number of aldehydes is 1. The Hall–Kier alpha value is -0.890. The van der Waals surface area contributed by atoms with Crippen molar-refractivity contribution in [3.8, 4) is 0 Å². The summed E-state index contributed by atoms with van der Waals surface area (Å²) in [7, 11) is -2.38. The first-order valence-corrected chi connectivity index (χ1v) is 8.94. The number of thioether (sulfide) groups is 1. The first-order chi connectivity index (χ1) is 9.88. The number of benzene rings is 1. The molecule has 0 bridgehead atoms. The van der Waals surface area contributed by atoms with E-state index in [9.17, 15) is 8.42 Å². The van der Waals surface area contributed by atoms with E-state index >= 15 is 0 Å². The van der Waals surface area contributed by atoms with E-state index in [0.717, 1.165) is 29.8 Å². The van der Waals surface area contributed by atoms with Gasteiger partial charge in [-0.3, -0.25) is 4.55 Å². The van der Waals surface area contributed by atoms with Crippen molar-refractivity contribution in [2.45, 2.75) is 42.6 Å². The van der Waals surface area contributed by atoms with Gasteiger partial charge >= 0.3 is 0 Å². The Morgan fingerprint density at radius 1 is 1.33 bits per heavy atom. The molecular formula is C14H22O5S2. The Labute approximate surface area is 130 Å². The summed E-state index contributed by atoms with van der Waals surface area (Å²) in [5, 5.41) is 0. The van der Waals surface area contributed by atoms with Gasteiger partial charge in [-0.2, -0.15) is 8.42 Å². The molecule has 7 heteroatoms. The SMILES string of the molecule is CC=O.CCC(CCSc1ccc(S(=O)(=O)O)cc1)OC. The Balaban J connectivity index is 0.00000122. The molecule has 0 aliphatic heterocycles. The second-order valence-electron chi connectivity index (χ2n) is 4.09. The molecule has 1 N–H and O–H groups in total. The largest absolute Gasteiger partial charge is 0.381 e. The van der Waals surface area contributed by atoms with Gasteiger partial charge < -0.3 is 9.53 Å². The van der Waals surface area contributed by atoms with Crippen molar-refractivity contribution in [2.24, 2.45) is 0 Å². The number of carbonyl (C=O) groups is 1. The molecule has 1 unspecified atom stereocenters. The van der Waals surface area contributed by atoms with Crippen LogP contribution in [0.3, 0.4) is 0 Å². The number of rotatable bonds is 7. The molecule has 0 aliphatic carbocycles. The Morgan fingerprint density at radius 2 is 1.86 bits per heavy atom. The van der Waals surface area contributed by atoms with Crippen molar-refractivity contribution in [3.63, 3.8) is 0 Å². The minimum absolute atomic E-state index is 0.0739. The van der Waals surface area contributed by atoms with Crippen molar-refractivity contribution in [2.75, 3.05) is 12.9 Å². The van der Waals surface area contributed by atoms with Gasteiger partial charge in [-0.05, 0) is 44.0 Å². The van der Waals surface area contributed by atoms with Crippen LogP contribution in [0.4, 0.5) is 0 Å². The molecule has 5 nitrogen and oxygen atoms in total. The lowest BCUT2D eigenvalue weighted by Crippen LogP contribution is -2.09. The zero-order chi connectivity index (χ0) is 16.3. The van der Waals surface area contributed by atoms with Gasteiger partial charge in [0.15, 0.2) is 0 Å². The Bertz CT molecular complexity index is 493. The predicted octanol–water partition coefficient (Wildman–Crippen LogP) is 3.05. The highest BCUT2D eigenvalue weighted by atomic mass is 32.2. The topological polar surface area (TPSA) is 80.7 Å². The second kappa shape index (κ2) is 10.8. The third-order valence-corrected chi connectivity index (χ3v) is 4.53. The van der Waals surface area contributed by atoms with Crippen LogP contribution >= 0.6 is 11.8 Å². The minimum Gasteiger partial charge on any atom is -0.381 e. The maximum Gasteiger partial charge on any atom is 0.294 e. The predicted molar refractivity (Wildman–Crippen MR) is 84.4 cm³/mol. The van der Waals surface area contributed by atoms with Crippen molar-refractivity contribution < 1.29 is 22.5 Å². The molecule has 0 amide bonds. The first kappa shape index (κ1) is 20.1. The summed E-state index contributed by atoms with van der Waals surface area (Å²) in [4.78, 5) is 9.71. The van der Waals surface area contributed by atoms with E-state index in [1.165, 1.54) is 19.1 Å². The van der Waals surface area contributed by atoms with Gasteiger partial charge in [-0.1, -0.05) is 6.92 Å². The molecule has 120 valence electrons. The quantitative estimate of drug-likeness (QED) is 0.469. The minimum atomic E-state index is -4.09. The normalized spacial score (nSPS) is 12.2. The molecule has 0 radical (unpaired) electrons. The molecule has 0 heterocycles. The summed E-state index contributed by atoms with van der Waals surface area (Å²) < 4.78 is 35.8. The van der Waals surface area contributed by atoms with Crippen LogP contribution in [0.5, 0.6) is 0 Å². The lowest BCUT2D eigenvalue weighted by atomic mass is 10.2. The fourth-order valence-corrected chi connectivity index (χ4v) is 2.93. The van der Waals surface area contributed by atoms with Crippen LogP contribution in [0.25, 0.3) is 0 Å². The molecule has 1 atom stereocenters. The molecule has 0 saturated carbocycles.